The van der Waals surface area contributed by atoms with E-state index in [1.54, 1.807) is 30.1 Å². The van der Waals surface area contributed by atoms with Crippen molar-refractivity contribution in [3.8, 4) is 5.75 Å². The maximum atomic E-state index is 13.2. The number of benzene rings is 1. The van der Waals surface area contributed by atoms with Gasteiger partial charge in [0.05, 0.1) is 24.1 Å². The molecule has 0 bridgehead atoms. The topological polar surface area (TPSA) is 97.0 Å². The summed E-state index contributed by atoms with van der Waals surface area (Å²) in [6.45, 7) is 1.73. The number of nitrogens with one attached hydrogen (secondary N) is 2. The lowest BCUT2D eigenvalue weighted by Gasteiger charge is -2.42. The van der Waals surface area contributed by atoms with Crippen molar-refractivity contribution in [2.45, 2.75) is 82.6 Å². The van der Waals surface area contributed by atoms with Crippen molar-refractivity contribution in [3.05, 3.63) is 23.8 Å². The standard InChI is InChI=1S/C24H33N3O5/c1-15(28)25-17-8-11-21-19(12-17)24(30)27(2)20-10-9-18(32-22(20)14-31-21)13-23(29)26-16-6-4-3-5-7-16/h8,11-12,16,18,20,22H,3-7,9-10,13-14H2,1-2H3,(H,25,28)(H,26,29)/t18-,20-,22+/m0/s1. The second-order valence-electron chi connectivity index (χ2n) is 9.17. The fourth-order valence-electron chi connectivity index (χ4n) is 5.05. The van der Waals surface area contributed by atoms with Crippen LogP contribution in [0, 0.1) is 0 Å². The van der Waals surface area contributed by atoms with Crippen LogP contribution in [0.2, 0.25) is 0 Å². The van der Waals surface area contributed by atoms with Crippen LogP contribution in [0.5, 0.6) is 5.75 Å². The molecule has 4 rings (SSSR count). The average molecular weight is 444 g/mol. The third kappa shape index (κ3) is 5.23. The summed E-state index contributed by atoms with van der Waals surface area (Å²) in [6.07, 6.45) is 7.08. The molecule has 1 aromatic carbocycles. The van der Waals surface area contributed by atoms with Crippen LogP contribution in [0.4, 0.5) is 5.69 Å². The summed E-state index contributed by atoms with van der Waals surface area (Å²) in [4.78, 5) is 38.8. The van der Waals surface area contributed by atoms with Gasteiger partial charge < -0.3 is 25.0 Å². The van der Waals surface area contributed by atoms with Crippen LogP contribution in [0.3, 0.4) is 0 Å². The molecule has 3 amide bonds. The van der Waals surface area contributed by atoms with Crippen LogP contribution >= 0.6 is 0 Å². The molecule has 8 heteroatoms. The van der Waals surface area contributed by atoms with E-state index in [0.717, 1.165) is 25.7 Å². The molecule has 2 heterocycles. The molecular weight excluding hydrogens is 410 g/mol. The number of hydrogen-bond acceptors (Lipinski definition) is 5. The molecule has 174 valence electrons. The summed E-state index contributed by atoms with van der Waals surface area (Å²) in [5.74, 6) is 0.151. The summed E-state index contributed by atoms with van der Waals surface area (Å²) >= 11 is 0. The monoisotopic (exact) mass is 443 g/mol. The van der Waals surface area contributed by atoms with Gasteiger partial charge >= 0.3 is 0 Å². The predicted molar refractivity (Wildman–Crippen MR) is 120 cm³/mol. The molecular formula is C24H33N3O5. The molecule has 0 unspecified atom stereocenters. The highest BCUT2D eigenvalue weighted by Gasteiger charge is 2.39. The van der Waals surface area contributed by atoms with Crippen LogP contribution in [0.15, 0.2) is 18.2 Å². The number of hydrogen-bond donors (Lipinski definition) is 2. The van der Waals surface area contributed by atoms with Crippen LogP contribution in [0.25, 0.3) is 0 Å². The van der Waals surface area contributed by atoms with Crippen molar-refractivity contribution in [2.24, 2.45) is 0 Å². The summed E-state index contributed by atoms with van der Waals surface area (Å²) < 4.78 is 12.2. The first-order valence-corrected chi connectivity index (χ1v) is 11.7. The lowest BCUT2D eigenvalue weighted by Crippen LogP contribution is -2.54. The Labute approximate surface area is 189 Å². The van der Waals surface area contributed by atoms with Gasteiger partial charge in [-0.3, -0.25) is 14.4 Å². The van der Waals surface area contributed by atoms with Crippen molar-refractivity contribution >= 4 is 23.4 Å². The highest BCUT2D eigenvalue weighted by Crippen LogP contribution is 2.32. The molecule has 2 N–H and O–H groups in total. The molecule has 8 nitrogen and oxygen atoms in total. The Hall–Kier alpha value is -2.61. The average Bonchev–Trinajstić information content (AvgIpc) is 2.77. The highest BCUT2D eigenvalue weighted by atomic mass is 16.5. The van der Waals surface area contributed by atoms with E-state index in [-0.39, 0.29) is 36.0 Å². The van der Waals surface area contributed by atoms with E-state index in [0.29, 0.717) is 36.1 Å². The molecule has 2 fully saturated rings. The normalized spacial score (nSPS) is 26.1. The van der Waals surface area contributed by atoms with Gasteiger partial charge in [-0.25, -0.2) is 0 Å². The predicted octanol–water partition coefficient (Wildman–Crippen LogP) is 2.86. The minimum absolute atomic E-state index is 0.0485. The number of carbonyl (C=O) groups excluding carboxylic acids is 3. The van der Waals surface area contributed by atoms with E-state index >= 15 is 0 Å². The van der Waals surface area contributed by atoms with Gasteiger partial charge in [0.25, 0.3) is 5.91 Å². The molecule has 1 aliphatic carbocycles. The van der Waals surface area contributed by atoms with E-state index in [1.807, 2.05) is 0 Å². The Morgan fingerprint density at radius 1 is 1.12 bits per heavy atom. The number of likely N-dealkylation sites (N-methyl/N-ethyl adjacent to an activating group) is 1. The number of carbonyl (C=O) groups is 3. The van der Waals surface area contributed by atoms with Crippen LogP contribution < -0.4 is 15.4 Å². The highest BCUT2D eigenvalue weighted by molar-refractivity contribution is 5.99. The maximum Gasteiger partial charge on any atom is 0.257 e. The Bertz CT molecular complexity index is 867. The van der Waals surface area contributed by atoms with Gasteiger partial charge in [-0.1, -0.05) is 19.3 Å². The van der Waals surface area contributed by atoms with E-state index in [9.17, 15) is 14.4 Å². The van der Waals surface area contributed by atoms with Gasteiger partial charge in [0.2, 0.25) is 11.8 Å². The SMILES string of the molecule is CC(=O)Nc1ccc2c(c1)C(=O)N(C)[C@H]1CC[C@@H](CC(=O)NC3CCCCC3)O[C@@H]1CO2. The first-order chi connectivity index (χ1) is 15.4. The maximum absolute atomic E-state index is 13.2. The fourth-order valence-corrected chi connectivity index (χ4v) is 5.05. The lowest BCUT2D eigenvalue weighted by atomic mass is 9.93. The van der Waals surface area contributed by atoms with Crippen LogP contribution in [0.1, 0.15) is 68.6 Å². The molecule has 2 aliphatic heterocycles. The van der Waals surface area contributed by atoms with Crippen molar-refractivity contribution in [1.29, 1.82) is 0 Å². The first kappa shape index (κ1) is 22.6. The summed E-state index contributed by atoms with van der Waals surface area (Å²) in [6, 6.07) is 5.23. The molecule has 1 saturated carbocycles. The van der Waals surface area contributed by atoms with Gasteiger partial charge in [-0.2, -0.15) is 0 Å². The molecule has 0 radical (unpaired) electrons. The second-order valence-corrected chi connectivity index (χ2v) is 9.17. The second kappa shape index (κ2) is 9.90. The number of fused-ring (bicyclic) bond motifs is 2. The summed E-state index contributed by atoms with van der Waals surface area (Å²) in [7, 11) is 1.78. The zero-order valence-corrected chi connectivity index (χ0v) is 18.9. The number of nitrogens with zero attached hydrogens (tertiary/aromatic N) is 1. The third-order valence-corrected chi connectivity index (χ3v) is 6.72. The molecule has 0 aromatic heterocycles. The summed E-state index contributed by atoms with van der Waals surface area (Å²) in [5.41, 5.74) is 0.980. The van der Waals surface area contributed by atoms with E-state index in [2.05, 4.69) is 10.6 Å². The molecule has 0 spiro atoms. The van der Waals surface area contributed by atoms with Gasteiger partial charge in [-0.15, -0.1) is 0 Å². The molecule has 32 heavy (non-hydrogen) atoms. The van der Waals surface area contributed by atoms with Crippen molar-refractivity contribution < 1.29 is 23.9 Å². The number of amides is 3. The van der Waals surface area contributed by atoms with E-state index in [4.69, 9.17) is 9.47 Å². The van der Waals surface area contributed by atoms with Gasteiger partial charge in [0.1, 0.15) is 18.5 Å². The summed E-state index contributed by atoms with van der Waals surface area (Å²) in [5, 5.41) is 5.87. The first-order valence-electron chi connectivity index (χ1n) is 11.7. The smallest absolute Gasteiger partial charge is 0.257 e. The van der Waals surface area contributed by atoms with Gasteiger partial charge in [-0.05, 0) is 43.9 Å². The minimum atomic E-state index is -0.298. The molecule has 1 aromatic rings. The van der Waals surface area contributed by atoms with Gasteiger partial charge in [0.15, 0.2) is 0 Å². The zero-order chi connectivity index (χ0) is 22.7. The number of ether oxygens (including phenoxy) is 2. The quantitative estimate of drug-likeness (QED) is 0.746. The zero-order valence-electron chi connectivity index (χ0n) is 18.9. The number of anilines is 1. The lowest BCUT2D eigenvalue weighted by molar-refractivity contribution is -0.134. The van der Waals surface area contributed by atoms with E-state index in [1.165, 1.54) is 26.2 Å². The Kier molecular flexibility index (Phi) is 6.98. The van der Waals surface area contributed by atoms with Crippen molar-refractivity contribution in [2.75, 3.05) is 19.0 Å². The Morgan fingerprint density at radius 3 is 2.66 bits per heavy atom. The molecule has 1 saturated heterocycles. The third-order valence-electron chi connectivity index (χ3n) is 6.72. The Balaban J connectivity index is 1.40. The van der Waals surface area contributed by atoms with Crippen molar-refractivity contribution in [3.63, 3.8) is 0 Å². The van der Waals surface area contributed by atoms with Crippen molar-refractivity contribution in [1.82, 2.24) is 10.2 Å². The van der Waals surface area contributed by atoms with E-state index < -0.39 is 0 Å². The van der Waals surface area contributed by atoms with Crippen LogP contribution in [-0.4, -0.2) is 60.6 Å². The largest absolute Gasteiger partial charge is 0.490 e. The van der Waals surface area contributed by atoms with Gasteiger partial charge in [0, 0.05) is 25.7 Å². The Morgan fingerprint density at radius 2 is 1.91 bits per heavy atom. The molecule has 3 aliphatic rings. The molecule has 3 atom stereocenters. The minimum Gasteiger partial charge on any atom is -0.490 e. The number of rotatable bonds is 4. The fraction of sp³-hybridized carbons (Fsp3) is 0.625. The van der Waals surface area contributed by atoms with Crippen LogP contribution in [-0.2, 0) is 14.3 Å².